The van der Waals surface area contributed by atoms with E-state index in [0.29, 0.717) is 5.92 Å². The summed E-state index contributed by atoms with van der Waals surface area (Å²) in [6.07, 6.45) is 2.56. The van der Waals surface area contributed by atoms with Gasteiger partial charge >= 0.3 is 0 Å². The van der Waals surface area contributed by atoms with E-state index in [4.69, 9.17) is 0 Å². The molecule has 2 aromatic rings. The normalized spacial score (nSPS) is 17.7. The van der Waals surface area contributed by atoms with Crippen LogP contribution in [0.3, 0.4) is 0 Å². The zero-order chi connectivity index (χ0) is 19.9. The fraction of sp³-hybridized carbons (Fsp3) is 0.652. The Hall–Kier alpha value is -0.583. The number of H-pyrrole nitrogens is 1. The van der Waals surface area contributed by atoms with Gasteiger partial charge in [0.05, 0.1) is 0 Å². The minimum absolute atomic E-state index is 0.683. The number of hydrogen-bond acceptors (Lipinski definition) is 1. The average molecular weight is 450 g/mol. The van der Waals surface area contributed by atoms with Crippen molar-refractivity contribution in [2.75, 3.05) is 20.1 Å². The standard InChI is InChI=1S/C23H37BrN2Si/c1-15(2)27(16(3)4,17(5)6)23-22(18-10-12-26(7)13-11-18)20-14-19(24)8-9-21(20)25-23/h8-9,14-18,25H,10-13H2,1-7H3. The first-order valence-corrected chi connectivity index (χ1v) is 13.7. The third-order valence-electron chi connectivity index (χ3n) is 7.23. The molecule has 4 heteroatoms. The molecule has 0 saturated carbocycles. The van der Waals surface area contributed by atoms with E-state index >= 15 is 0 Å². The lowest BCUT2D eigenvalue weighted by atomic mass is 9.89. The molecule has 0 atom stereocenters. The molecule has 0 amide bonds. The van der Waals surface area contributed by atoms with E-state index in [0.717, 1.165) is 16.6 Å². The highest BCUT2D eigenvalue weighted by Crippen LogP contribution is 2.44. The number of nitrogens with one attached hydrogen (secondary N) is 1. The summed E-state index contributed by atoms with van der Waals surface area (Å²) >= 11 is 3.74. The summed E-state index contributed by atoms with van der Waals surface area (Å²) in [5.41, 5.74) is 5.17. The molecule has 150 valence electrons. The van der Waals surface area contributed by atoms with Crippen LogP contribution in [-0.2, 0) is 0 Å². The molecule has 1 aromatic carbocycles. The van der Waals surface area contributed by atoms with Crippen molar-refractivity contribution in [1.29, 1.82) is 0 Å². The minimum atomic E-state index is -1.73. The van der Waals surface area contributed by atoms with Crippen LogP contribution in [-0.4, -0.2) is 38.1 Å². The van der Waals surface area contributed by atoms with Gasteiger partial charge in [-0.2, -0.15) is 0 Å². The van der Waals surface area contributed by atoms with Crippen molar-refractivity contribution < 1.29 is 0 Å². The first kappa shape index (κ1) is 21.1. The van der Waals surface area contributed by atoms with Gasteiger partial charge in [0.1, 0.15) is 8.07 Å². The van der Waals surface area contributed by atoms with E-state index in [1.54, 1.807) is 10.9 Å². The molecule has 1 aromatic heterocycles. The van der Waals surface area contributed by atoms with E-state index in [-0.39, 0.29) is 0 Å². The first-order valence-electron chi connectivity index (χ1n) is 10.7. The van der Waals surface area contributed by atoms with Gasteiger partial charge in [-0.25, -0.2) is 0 Å². The predicted octanol–water partition coefficient (Wildman–Crippen LogP) is 6.63. The van der Waals surface area contributed by atoms with E-state index < -0.39 is 8.07 Å². The summed E-state index contributed by atoms with van der Waals surface area (Å²) in [6.45, 7) is 17.3. The first-order chi connectivity index (χ1) is 12.7. The Morgan fingerprint density at radius 2 is 1.56 bits per heavy atom. The number of halogens is 1. The van der Waals surface area contributed by atoms with Crippen molar-refractivity contribution in [3.8, 4) is 0 Å². The lowest BCUT2D eigenvalue weighted by Crippen LogP contribution is -2.57. The van der Waals surface area contributed by atoms with Crippen LogP contribution in [0.25, 0.3) is 10.9 Å². The molecule has 2 nitrogen and oxygen atoms in total. The van der Waals surface area contributed by atoms with Gasteiger partial charge in [-0.1, -0.05) is 57.5 Å². The van der Waals surface area contributed by atoms with Crippen LogP contribution in [0.4, 0.5) is 0 Å². The number of benzene rings is 1. The van der Waals surface area contributed by atoms with Crippen LogP contribution in [0.1, 0.15) is 65.9 Å². The Labute approximate surface area is 175 Å². The summed E-state index contributed by atoms with van der Waals surface area (Å²) < 4.78 is 1.20. The van der Waals surface area contributed by atoms with Crippen molar-refractivity contribution in [3.05, 3.63) is 28.2 Å². The molecular formula is C23H37BrN2Si. The highest BCUT2D eigenvalue weighted by molar-refractivity contribution is 9.10. The van der Waals surface area contributed by atoms with Crippen molar-refractivity contribution in [1.82, 2.24) is 9.88 Å². The summed E-state index contributed by atoms with van der Waals surface area (Å²) in [5.74, 6) is 0.683. The molecule has 0 radical (unpaired) electrons. The Balaban J connectivity index is 2.29. The second kappa shape index (κ2) is 8.04. The third kappa shape index (κ3) is 3.58. The van der Waals surface area contributed by atoms with Crippen molar-refractivity contribution in [3.63, 3.8) is 0 Å². The van der Waals surface area contributed by atoms with Crippen LogP contribution >= 0.6 is 15.9 Å². The molecule has 1 aliphatic heterocycles. The number of aromatic nitrogens is 1. The van der Waals surface area contributed by atoms with Crippen LogP contribution in [0.15, 0.2) is 22.7 Å². The van der Waals surface area contributed by atoms with Gasteiger partial charge in [0.2, 0.25) is 0 Å². The molecule has 1 N–H and O–H groups in total. The van der Waals surface area contributed by atoms with Gasteiger partial charge in [-0.3, -0.25) is 0 Å². The van der Waals surface area contributed by atoms with Gasteiger partial charge in [0.15, 0.2) is 0 Å². The second-order valence-electron chi connectivity index (χ2n) is 9.58. The molecular weight excluding hydrogens is 412 g/mol. The van der Waals surface area contributed by atoms with Crippen molar-refractivity contribution >= 4 is 40.2 Å². The molecule has 0 bridgehead atoms. The van der Waals surface area contributed by atoms with Gasteiger partial charge in [0, 0.05) is 20.7 Å². The van der Waals surface area contributed by atoms with Gasteiger partial charge in [-0.15, -0.1) is 0 Å². The Morgan fingerprint density at radius 1 is 1.00 bits per heavy atom. The van der Waals surface area contributed by atoms with Crippen LogP contribution in [0.2, 0.25) is 16.6 Å². The fourth-order valence-corrected chi connectivity index (χ4v) is 13.4. The Morgan fingerprint density at radius 3 is 2.07 bits per heavy atom. The number of rotatable bonds is 5. The van der Waals surface area contributed by atoms with E-state index in [1.807, 2.05) is 0 Å². The highest BCUT2D eigenvalue weighted by atomic mass is 79.9. The molecule has 1 aliphatic rings. The Kier molecular flexibility index (Phi) is 6.29. The van der Waals surface area contributed by atoms with E-state index in [2.05, 4.69) is 92.6 Å². The summed E-state index contributed by atoms with van der Waals surface area (Å²) in [7, 11) is 0.528. The number of hydrogen-bond donors (Lipinski definition) is 1. The average Bonchev–Trinajstić information content (AvgIpc) is 2.93. The predicted molar refractivity (Wildman–Crippen MR) is 126 cm³/mol. The SMILES string of the molecule is CC(C)[Si](c1[nH]c2ccc(Br)cc2c1C1CCN(C)CC1)(C(C)C)C(C)C. The maximum absolute atomic E-state index is 4.01. The lowest BCUT2D eigenvalue weighted by Gasteiger charge is -2.44. The smallest absolute Gasteiger partial charge is 0.115 e. The maximum Gasteiger partial charge on any atom is 0.115 e. The zero-order valence-electron chi connectivity index (χ0n) is 18.2. The molecule has 2 heterocycles. The summed E-state index contributed by atoms with van der Waals surface area (Å²) in [6, 6.07) is 6.83. The zero-order valence-corrected chi connectivity index (χ0v) is 20.8. The highest BCUT2D eigenvalue weighted by Gasteiger charge is 2.48. The third-order valence-corrected chi connectivity index (χ3v) is 14.7. The second-order valence-corrected chi connectivity index (χ2v) is 16.3. The molecule has 3 rings (SSSR count). The number of aromatic amines is 1. The summed E-state index contributed by atoms with van der Waals surface area (Å²) in [5, 5.41) is 3.12. The molecule has 0 unspecified atom stereocenters. The number of likely N-dealkylation sites (tertiary alicyclic amines) is 1. The fourth-order valence-electron chi connectivity index (χ4n) is 6.11. The molecule has 0 aliphatic carbocycles. The maximum atomic E-state index is 4.01. The topological polar surface area (TPSA) is 19.0 Å². The van der Waals surface area contributed by atoms with Gasteiger partial charge < -0.3 is 9.88 Å². The lowest BCUT2D eigenvalue weighted by molar-refractivity contribution is 0.256. The summed E-state index contributed by atoms with van der Waals surface area (Å²) in [4.78, 5) is 6.50. The number of fused-ring (bicyclic) bond motifs is 1. The number of piperidine rings is 1. The van der Waals surface area contributed by atoms with Crippen LogP contribution < -0.4 is 5.32 Å². The number of nitrogens with zero attached hydrogens (tertiary/aromatic N) is 1. The molecule has 0 spiro atoms. The van der Waals surface area contributed by atoms with E-state index in [1.165, 1.54) is 41.3 Å². The van der Waals surface area contributed by atoms with Crippen molar-refractivity contribution in [2.45, 2.75) is 76.9 Å². The van der Waals surface area contributed by atoms with Gasteiger partial charge in [-0.05, 0) is 79.3 Å². The molecule has 1 saturated heterocycles. The van der Waals surface area contributed by atoms with E-state index in [9.17, 15) is 0 Å². The van der Waals surface area contributed by atoms with Gasteiger partial charge in [0.25, 0.3) is 0 Å². The minimum Gasteiger partial charge on any atom is -0.362 e. The van der Waals surface area contributed by atoms with Crippen LogP contribution in [0, 0.1) is 0 Å². The Bertz CT molecular complexity index is 763. The molecule has 27 heavy (non-hydrogen) atoms. The van der Waals surface area contributed by atoms with Crippen molar-refractivity contribution in [2.24, 2.45) is 0 Å². The molecule has 1 fully saturated rings. The van der Waals surface area contributed by atoms with Crippen LogP contribution in [0.5, 0.6) is 0 Å². The monoisotopic (exact) mass is 448 g/mol. The largest absolute Gasteiger partial charge is 0.362 e. The quantitative estimate of drug-likeness (QED) is 0.508.